The van der Waals surface area contributed by atoms with E-state index in [1.54, 1.807) is 23.9 Å². The summed E-state index contributed by atoms with van der Waals surface area (Å²) in [5, 5.41) is 2.79. The van der Waals surface area contributed by atoms with E-state index in [4.69, 9.17) is 15.2 Å². The van der Waals surface area contributed by atoms with Crippen molar-refractivity contribution >= 4 is 23.4 Å². The Labute approximate surface area is 111 Å². The van der Waals surface area contributed by atoms with Gasteiger partial charge in [-0.15, -0.1) is 0 Å². The summed E-state index contributed by atoms with van der Waals surface area (Å²) in [5.74, 6) is 1.60. The van der Waals surface area contributed by atoms with Crippen molar-refractivity contribution in [2.45, 2.75) is 0 Å². The van der Waals surface area contributed by atoms with E-state index in [-0.39, 0.29) is 5.91 Å². The number of carbonyl (C=O) groups is 1. The number of rotatable bonds is 6. The fourth-order valence-corrected chi connectivity index (χ4v) is 1.74. The molecule has 3 N–H and O–H groups in total. The first kappa shape index (κ1) is 14.5. The van der Waals surface area contributed by atoms with Crippen LogP contribution in [0.15, 0.2) is 12.1 Å². The number of hydrogen-bond acceptors (Lipinski definition) is 5. The van der Waals surface area contributed by atoms with Crippen LogP contribution in [0.2, 0.25) is 0 Å². The van der Waals surface area contributed by atoms with Crippen LogP contribution in [0.4, 0.5) is 5.69 Å². The van der Waals surface area contributed by atoms with E-state index in [9.17, 15) is 4.79 Å². The first-order valence-electron chi connectivity index (χ1n) is 5.42. The topological polar surface area (TPSA) is 73.6 Å². The predicted octanol–water partition coefficient (Wildman–Crippen LogP) is 1.38. The van der Waals surface area contributed by atoms with Gasteiger partial charge in [0.05, 0.1) is 25.5 Å². The van der Waals surface area contributed by atoms with E-state index in [0.717, 1.165) is 5.75 Å². The van der Waals surface area contributed by atoms with Crippen molar-refractivity contribution in [3.05, 3.63) is 17.7 Å². The molecule has 100 valence electrons. The minimum Gasteiger partial charge on any atom is -0.497 e. The number of methoxy groups -OCH3 is 2. The summed E-state index contributed by atoms with van der Waals surface area (Å²) in [5.41, 5.74) is 6.56. The summed E-state index contributed by atoms with van der Waals surface area (Å²) < 4.78 is 10.2. The molecule has 0 aliphatic carbocycles. The highest BCUT2D eigenvalue weighted by Gasteiger charge is 2.15. The van der Waals surface area contributed by atoms with Crippen molar-refractivity contribution in [1.29, 1.82) is 0 Å². The number of benzene rings is 1. The molecule has 0 atom stereocenters. The average molecular weight is 270 g/mol. The third-order valence-corrected chi connectivity index (χ3v) is 3.02. The summed E-state index contributed by atoms with van der Waals surface area (Å²) in [6, 6.07) is 3.25. The van der Waals surface area contributed by atoms with Gasteiger partial charge in [0.1, 0.15) is 11.5 Å². The fraction of sp³-hybridized carbons (Fsp3) is 0.417. The van der Waals surface area contributed by atoms with Crippen LogP contribution in [0, 0.1) is 0 Å². The van der Waals surface area contributed by atoms with E-state index < -0.39 is 0 Å². The van der Waals surface area contributed by atoms with Crippen LogP contribution >= 0.6 is 11.8 Å². The maximum atomic E-state index is 12.0. The second kappa shape index (κ2) is 7.00. The standard InChI is InChI=1S/C12H18N2O3S/c1-16-8-6-9(11(13)10(7-8)17-2)12(15)14-4-5-18-3/h6-7H,4-5,13H2,1-3H3,(H,14,15). The van der Waals surface area contributed by atoms with Gasteiger partial charge in [0.15, 0.2) is 0 Å². The normalized spacial score (nSPS) is 9.94. The molecule has 0 aliphatic heterocycles. The molecule has 1 rings (SSSR count). The van der Waals surface area contributed by atoms with E-state index in [2.05, 4.69) is 5.32 Å². The third kappa shape index (κ3) is 3.46. The number of nitrogens with two attached hydrogens (primary N) is 1. The number of anilines is 1. The molecule has 0 heterocycles. The van der Waals surface area contributed by atoms with Crippen molar-refractivity contribution in [1.82, 2.24) is 5.32 Å². The van der Waals surface area contributed by atoms with Crippen molar-refractivity contribution < 1.29 is 14.3 Å². The van der Waals surface area contributed by atoms with Gasteiger partial charge in [0, 0.05) is 18.4 Å². The molecule has 18 heavy (non-hydrogen) atoms. The van der Waals surface area contributed by atoms with Gasteiger partial charge in [-0.25, -0.2) is 0 Å². The van der Waals surface area contributed by atoms with Crippen molar-refractivity contribution in [3.63, 3.8) is 0 Å². The number of nitrogen functional groups attached to an aromatic ring is 1. The quantitative estimate of drug-likeness (QED) is 0.603. The Hall–Kier alpha value is -1.56. The number of nitrogens with one attached hydrogen (secondary N) is 1. The Morgan fingerprint density at radius 3 is 2.67 bits per heavy atom. The summed E-state index contributed by atoms with van der Waals surface area (Å²) in [6.45, 7) is 0.596. The van der Waals surface area contributed by atoms with Crippen molar-refractivity contribution in [2.24, 2.45) is 0 Å². The van der Waals surface area contributed by atoms with E-state index in [0.29, 0.717) is 29.3 Å². The maximum absolute atomic E-state index is 12.0. The largest absolute Gasteiger partial charge is 0.497 e. The average Bonchev–Trinajstić information content (AvgIpc) is 2.39. The zero-order valence-corrected chi connectivity index (χ0v) is 11.6. The molecule has 0 saturated carbocycles. The molecule has 0 unspecified atom stereocenters. The lowest BCUT2D eigenvalue weighted by Crippen LogP contribution is -2.26. The number of hydrogen-bond donors (Lipinski definition) is 2. The summed E-state index contributed by atoms with van der Waals surface area (Å²) in [4.78, 5) is 12.0. The Morgan fingerprint density at radius 2 is 2.11 bits per heavy atom. The van der Waals surface area contributed by atoms with Crippen LogP contribution in [0.25, 0.3) is 0 Å². The predicted molar refractivity (Wildman–Crippen MR) is 74.7 cm³/mol. The van der Waals surface area contributed by atoms with Crippen molar-refractivity contribution in [2.75, 3.05) is 38.5 Å². The summed E-state index contributed by atoms with van der Waals surface area (Å²) in [6.07, 6.45) is 1.98. The molecule has 1 aromatic carbocycles. The number of thioether (sulfide) groups is 1. The Kier molecular flexibility index (Phi) is 5.64. The lowest BCUT2D eigenvalue weighted by molar-refractivity contribution is 0.0956. The lowest BCUT2D eigenvalue weighted by Gasteiger charge is -2.12. The second-order valence-electron chi connectivity index (χ2n) is 3.54. The zero-order chi connectivity index (χ0) is 13.5. The van der Waals surface area contributed by atoms with Gasteiger partial charge in [0.2, 0.25) is 0 Å². The van der Waals surface area contributed by atoms with Gasteiger partial charge >= 0.3 is 0 Å². The monoisotopic (exact) mass is 270 g/mol. The first-order valence-corrected chi connectivity index (χ1v) is 6.82. The fourth-order valence-electron chi connectivity index (χ4n) is 1.44. The van der Waals surface area contributed by atoms with E-state index in [1.165, 1.54) is 14.2 Å². The Bertz CT molecular complexity index is 424. The maximum Gasteiger partial charge on any atom is 0.253 e. The Balaban J connectivity index is 2.95. The highest BCUT2D eigenvalue weighted by atomic mass is 32.2. The highest BCUT2D eigenvalue weighted by molar-refractivity contribution is 7.98. The van der Waals surface area contributed by atoms with Gasteiger partial charge in [0.25, 0.3) is 5.91 Å². The van der Waals surface area contributed by atoms with Crippen LogP contribution < -0.4 is 20.5 Å². The summed E-state index contributed by atoms with van der Waals surface area (Å²) in [7, 11) is 3.03. The van der Waals surface area contributed by atoms with E-state index >= 15 is 0 Å². The molecule has 5 nitrogen and oxygen atoms in total. The van der Waals surface area contributed by atoms with Gasteiger partial charge in [-0.3, -0.25) is 4.79 Å². The third-order valence-electron chi connectivity index (χ3n) is 2.41. The number of carbonyl (C=O) groups excluding carboxylic acids is 1. The second-order valence-corrected chi connectivity index (χ2v) is 4.53. The minimum atomic E-state index is -0.223. The van der Waals surface area contributed by atoms with Crippen LogP contribution in [0.3, 0.4) is 0 Å². The SMILES string of the molecule is COc1cc(OC)c(N)c(C(=O)NCCSC)c1. The van der Waals surface area contributed by atoms with Crippen LogP contribution in [0.5, 0.6) is 11.5 Å². The molecule has 1 aromatic rings. The number of amides is 1. The molecule has 0 aromatic heterocycles. The zero-order valence-electron chi connectivity index (χ0n) is 10.8. The first-order chi connectivity index (χ1) is 8.63. The van der Waals surface area contributed by atoms with Gasteiger partial charge in [-0.2, -0.15) is 11.8 Å². The van der Waals surface area contributed by atoms with E-state index in [1.807, 2.05) is 6.26 Å². The smallest absolute Gasteiger partial charge is 0.253 e. The van der Waals surface area contributed by atoms with Crippen LogP contribution in [-0.2, 0) is 0 Å². The molecular weight excluding hydrogens is 252 g/mol. The molecular formula is C12H18N2O3S. The van der Waals surface area contributed by atoms with Crippen LogP contribution in [-0.4, -0.2) is 38.7 Å². The van der Waals surface area contributed by atoms with Crippen molar-refractivity contribution in [3.8, 4) is 11.5 Å². The highest BCUT2D eigenvalue weighted by Crippen LogP contribution is 2.30. The molecule has 0 aliphatic rings. The molecule has 6 heteroatoms. The van der Waals surface area contributed by atoms with Gasteiger partial charge in [-0.1, -0.05) is 0 Å². The number of ether oxygens (including phenoxy) is 2. The van der Waals surface area contributed by atoms with Gasteiger partial charge in [-0.05, 0) is 12.3 Å². The minimum absolute atomic E-state index is 0.223. The molecule has 0 bridgehead atoms. The van der Waals surface area contributed by atoms with Gasteiger partial charge < -0.3 is 20.5 Å². The lowest BCUT2D eigenvalue weighted by atomic mass is 10.1. The molecule has 1 amide bonds. The summed E-state index contributed by atoms with van der Waals surface area (Å²) >= 11 is 1.66. The Morgan fingerprint density at radius 1 is 1.39 bits per heavy atom. The molecule has 0 radical (unpaired) electrons. The molecule has 0 saturated heterocycles. The molecule has 0 spiro atoms. The van der Waals surface area contributed by atoms with Crippen LogP contribution in [0.1, 0.15) is 10.4 Å². The molecule has 0 fully saturated rings.